The summed E-state index contributed by atoms with van der Waals surface area (Å²) in [5.74, 6) is 0.943. The third-order valence-corrected chi connectivity index (χ3v) is 4.57. The van der Waals surface area contributed by atoms with E-state index in [1.807, 2.05) is 14.1 Å². The first-order valence-electron chi connectivity index (χ1n) is 8.14. The smallest absolute Gasteiger partial charge is 0.169 e. The molecule has 6 heteroatoms. The molecule has 22 heavy (non-hydrogen) atoms. The summed E-state index contributed by atoms with van der Waals surface area (Å²) in [5, 5.41) is 4.20. The number of rotatable bonds is 5. The Bertz CT molecular complexity index is 483. The Morgan fingerprint density at radius 2 is 2.14 bits per heavy atom. The monoisotopic (exact) mass is 309 g/mol. The van der Waals surface area contributed by atoms with Gasteiger partial charge in [-0.25, -0.2) is 0 Å². The second-order valence-electron chi connectivity index (χ2n) is 6.81. The van der Waals surface area contributed by atoms with Crippen molar-refractivity contribution in [3.8, 4) is 0 Å². The fourth-order valence-electron chi connectivity index (χ4n) is 3.44. The van der Waals surface area contributed by atoms with Gasteiger partial charge in [-0.2, -0.15) is 0 Å². The van der Waals surface area contributed by atoms with Crippen LogP contribution >= 0.6 is 0 Å². The van der Waals surface area contributed by atoms with Crippen LogP contribution < -0.4 is 0 Å². The van der Waals surface area contributed by atoms with E-state index in [-0.39, 0.29) is 0 Å². The lowest BCUT2D eigenvalue weighted by Gasteiger charge is -2.39. The van der Waals surface area contributed by atoms with E-state index in [0.29, 0.717) is 19.1 Å². The van der Waals surface area contributed by atoms with Crippen molar-refractivity contribution < 1.29 is 14.0 Å². The van der Waals surface area contributed by atoms with E-state index in [1.54, 1.807) is 0 Å². The van der Waals surface area contributed by atoms with E-state index in [9.17, 15) is 0 Å². The summed E-state index contributed by atoms with van der Waals surface area (Å²) in [5.41, 5.74) is 1.01. The minimum Gasteiger partial charge on any atom is -0.360 e. The molecule has 3 rings (SSSR count). The molecule has 124 valence electrons. The summed E-state index contributed by atoms with van der Waals surface area (Å²) < 4.78 is 17.1. The molecule has 0 aromatic carbocycles. The number of hydrogen-bond acceptors (Lipinski definition) is 6. The predicted octanol–water partition coefficient (Wildman–Crippen LogP) is 1.71. The highest BCUT2D eigenvalue weighted by Gasteiger charge is 2.41. The van der Waals surface area contributed by atoms with Crippen LogP contribution in [-0.2, 0) is 22.6 Å². The third-order valence-electron chi connectivity index (χ3n) is 4.57. The van der Waals surface area contributed by atoms with Crippen LogP contribution in [0.25, 0.3) is 0 Å². The first-order valence-corrected chi connectivity index (χ1v) is 8.14. The number of ether oxygens (including phenoxy) is 2. The molecule has 0 amide bonds. The van der Waals surface area contributed by atoms with Crippen molar-refractivity contribution in [3.05, 3.63) is 17.5 Å². The molecule has 0 N–H and O–H groups in total. The van der Waals surface area contributed by atoms with E-state index < -0.39 is 5.79 Å². The summed E-state index contributed by atoms with van der Waals surface area (Å²) in [6, 6.07) is 2.06. The van der Waals surface area contributed by atoms with Crippen molar-refractivity contribution in [1.82, 2.24) is 15.0 Å². The van der Waals surface area contributed by atoms with E-state index in [0.717, 1.165) is 44.1 Å². The molecule has 1 unspecified atom stereocenters. The molecule has 0 aliphatic carbocycles. The highest BCUT2D eigenvalue weighted by Crippen LogP contribution is 2.34. The van der Waals surface area contributed by atoms with Gasteiger partial charge in [0.15, 0.2) is 11.5 Å². The van der Waals surface area contributed by atoms with Gasteiger partial charge in [-0.1, -0.05) is 5.16 Å². The maximum atomic E-state index is 5.84. The van der Waals surface area contributed by atoms with Crippen LogP contribution in [0.1, 0.15) is 31.2 Å². The molecular weight excluding hydrogens is 282 g/mol. The summed E-state index contributed by atoms with van der Waals surface area (Å²) >= 11 is 0. The molecule has 1 aromatic heterocycles. The summed E-state index contributed by atoms with van der Waals surface area (Å²) in [6.07, 6.45) is 2.34. The topological polar surface area (TPSA) is 51.0 Å². The van der Waals surface area contributed by atoms with Crippen LogP contribution in [0, 0.1) is 5.92 Å². The zero-order chi connectivity index (χ0) is 15.6. The molecule has 0 radical (unpaired) electrons. The second-order valence-corrected chi connectivity index (χ2v) is 6.81. The van der Waals surface area contributed by atoms with Crippen LogP contribution in [0.15, 0.2) is 10.6 Å². The van der Waals surface area contributed by atoms with Crippen LogP contribution in [0.4, 0.5) is 0 Å². The SMILES string of the molecule is CN(C)Cc1cc(CN2CCCC(C3(C)OCCO3)C2)no1. The lowest BCUT2D eigenvalue weighted by Crippen LogP contribution is -2.46. The Kier molecular flexibility index (Phi) is 4.82. The lowest BCUT2D eigenvalue weighted by atomic mass is 9.90. The zero-order valence-corrected chi connectivity index (χ0v) is 13.9. The molecule has 2 aliphatic rings. The van der Waals surface area contributed by atoms with E-state index in [4.69, 9.17) is 14.0 Å². The van der Waals surface area contributed by atoms with Gasteiger partial charge in [0.1, 0.15) is 0 Å². The van der Waals surface area contributed by atoms with E-state index in [1.165, 1.54) is 6.42 Å². The van der Waals surface area contributed by atoms with Gasteiger partial charge in [0.25, 0.3) is 0 Å². The molecule has 0 saturated carbocycles. The second kappa shape index (κ2) is 6.66. The van der Waals surface area contributed by atoms with Crippen molar-refractivity contribution in [3.63, 3.8) is 0 Å². The maximum Gasteiger partial charge on any atom is 0.169 e. The molecule has 2 aliphatic heterocycles. The van der Waals surface area contributed by atoms with Crippen molar-refractivity contribution in [2.45, 2.75) is 38.6 Å². The van der Waals surface area contributed by atoms with Crippen molar-refractivity contribution in [2.75, 3.05) is 40.4 Å². The average molecular weight is 309 g/mol. The van der Waals surface area contributed by atoms with Crippen LogP contribution in [0.3, 0.4) is 0 Å². The molecule has 1 atom stereocenters. The number of hydrogen-bond donors (Lipinski definition) is 0. The normalized spacial score (nSPS) is 25.9. The first kappa shape index (κ1) is 15.9. The highest BCUT2D eigenvalue weighted by atomic mass is 16.7. The van der Waals surface area contributed by atoms with Crippen molar-refractivity contribution >= 4 is 0 Å². The van der Waals surface area contributed by atoms with Crippen molar-refractivity contribution in [1.29, 1.82) is 0 Å². The van der Waals surface area contributed by atoms with Gasteiger partial charge in [0.2, 0.25) is 0 Å². The molecule has 1 aromatic rings. The summed E-state index contributed by atoms with van der Waals surface area (Å²) in [6.45, 7) is 7.22. The van der Waals surface area contributed by atoms with Gasteiger partial charge in [-0.15, -0.1) is 0 Å². The Morgan fingerprint density at radius 3 is 2.86 bits per heavy atom. The molecule has 2 saturated heterocycles. The Balaban J connectivity index is 1.57. The van der Waals surface area contributed by atoms with Gasteiger partial charge in [0.05, 0.1) is 25.5 Å². The molecule has 6 nitrogen and oxygen atoms in total. The van der Waals surface area contributed by atoms with Crippen LogP contribution in [-0.4, -0.2) is 61.1 Å². The molecular formula is C16H27N3O3. The van der Waals surface area contributed by atoms with Crippen LogP contribution in [0.2, 0.25) is 0 Å². The Labute approximate surface area is 132 Å². The number of piperidine rings is 1. The Hall–Kier alpha value is -0.950. The van der Waals surface area contributed by atoms with Gasteiger partial charge in [0, 0.05) is 25.1 Å². The number of likely N-dealkylation sites (tertiary alicyclic amines) is 1. The first-order chi connectivity index (χ1) is 10.5. The minimum atomic E-state index is -0.404. The van der Waals surface area contributed by atoms with Crippen LogP contribution in [0.5, 0.6) is 0 Å². The maximum absolute atomic E-state index is 5.84. The van der Waals surface area contributed by atoms with Crippen molar-refractivity contribution in [2.24, 2.45) is 5.92 Å². The highest BCUT2D eigenvalue weighted by molar-refractivity contribution is 5.05. The molecule has 0 spiro atoms. The average Bonchev–Trinajstić information content (AvgIpc) is 3.09. The zero-order valence-electron chi connectivity index (χ0n) is 13.9. The summed E-state index contributed by atoms with van der Waals surface area (Å²) in [4.78, 5) is 4.51. The van der Waals surface area contributed by atoms with Gasteiger partial charge in [-0.05, 0) is 40.4 Å². The molecule has 2 fully saturated rings. The fraction of sp³-hybridized carbons (Fsp3) is 0.812. The number of nitrogens with zero attached hydrogens (tertiary/aromatic N) is 3. The van der Waals surface area contributed by atoms with E-state index >= 15 is 0 Å². The predicted molar refractivity (Wildman–Crippen MR) is 82.2 cm³/mol. The van der Waals surface area contributed by atoms with Gasteiger partial charge >= 0.3 is 0 Å². The van der Waals surface area contributed by atoms with Gasteiger partial charge < -0.3 is 18.9 Å². The standard InChI is InChI=1S/C16H27N3O3/c1-16(20-7-8-21-16)13-5-4-6-19(10-13)11-14-9-15(22-17-14)12-18(2)3/h9,13H,4-8,10-12H2,1-3H3. The fourth-order valence-corrected chi connectivity index (χ4v) is 3.44. The molecule has 3 heterocycles. The molecule has 0 bridgehead atoms. The van der Waals surface area contributed by atoms with Gasteiger partial charge in [-0.3, -0.25) is 4.90 Å². The summed E-state index contributed by atoms with van der Waals surface area (Å²) in [7, 11) is 4.06. The quantitative estimate of drug-likeness (QED) is 0.825. The third kappa shape index (κ3) is 3.68. The minimum absolute atomic E-state index is 0.404. The number of aromatic nitrogens is 1. The van der Waals surface area contributed by atoms with E-state index in [2.05, 4.69) is 27.9 Å². The largest absolute Gasteiger partial charge is 0.360 e. The lowest BCUT2D eigenvalue weighted by molar-refractivity contribution is -0.192. The Morgan fingerprint density at radius 1 is 1.36 bits per heavy atom.